The molecule has 6 aromatic rings. The van der Waals surface area contributed by atoms with Gasteiger partial charge >= 0.3 is 0 Å². The molecule has 2 aromatic heterocycles. The third-order valence-electron chi connectivity index (χ3n) is 12.7. The molecule has 1 atom stereocenters. The number of rotatable bonds is 19. The van der Waals surface area contributed by atoms with Crippen LogP contribution in [0.4, 0.5) is 15.8 Å². The van der Waals surface area contributed by atoms with Crippen LogP contribution in [0.3, 0.4) is 0 Å². The second-order valence-corrected chi connectivity index (χ2v) is 17.3. The molecule has 1 fully saturated rings. The second kappa shape index (κ2) is 21.1. The van der Waals surface area contributed by atoms with E-state index in [-0.39, 0.29) is 64.9 Å². The van der Waals surface area contributed by atoms with Crippen molar-refractivity contribution in [1.29, 1.82) is 0 Å². The van der Waals surface area contributed by atoms with E-state index in [0.29, 0.717) is 52.0 Å². The number of aryl methyl sites for hydroxylation is 2. The summed E-state index contributed by atoms with van der Waals surface area (Å²) in [6.07, 6.45) is 8.30. The van der Waals surface area contributed by atoms with Crippen LogP contribution in [0, 0.1) is 12.7 Å². The fourth-order valence-corrected chi connectivity index (χ4v) is 8.83. The van der Waals surface area contributed by atoms with E-state index in [2.05, 4.69) is 25.9 Å². The van der Waals surface area contributed by atoms with Crippen molar-refractivity contribution in [1.82, 2.24) is 24.8 Å². The Balaban J connectivity index is 0.778. The van der Waals surface area contributed by atoms with Crippen molar-refractivity contribution in [3.63, 3.8) is 0 Å². The number of methoxy groups -OCH3 is 1. The largest absolute Gasteiger partial charge is 0.493 e. The molecule has 0 saturated carbocycles. The van der Waals surface area contributed by atoms with E-state index in [1.165, 1.54) is 31.6 Å². The molecule has 2 aliphatic heterocycles. The first kappa shape index (κ1) is 48.4. The van der Waals surface area contributed by atoms with Gasteiger partial charge in [-0.25, -0.2) is 14.4 Å². The highest BCUT2D eigenvalue weighted by Crippen LogP contribution is 2.37. The molecule has 4 heterocycles. The van der Waals surface area contributed by atoms with Crippen LogP contribution in [-0.4, -0.2) is 74.6 Å². The summed E-state index contributed by atoms with van der Waals surface area (Å²) in [6, 6.07) is 16.4. The highest BCUT2D eigenvalue weighted by atomic mass is 19.1. The number of halogens is 1. The Bertz CT molecular complexity index is 3150. The van der Waals surface area contributed by atoms with Gasteiger partial charge < -0.3 is 29.4 Å². The van der Waals surface area contributed by atoms with Gasteiger partial charge in [0.15, 0.2) is 23.1 Å². The van der Waals surface area contributed by atoms with Gasteiger partial charge in [-0.15, -0.1) is 0 Å². The van der Waals surface area contributed by atoms with Crippen LogP contribution in [-0.2, 0) is 27.9 Å². The Kier molecular flexibility index (Phi) is 14.6. The normalized spacial score (nSPS) is 14.5. The molecule has 3 N–H and O–H groups in total. The SMILES string of the molecule is CCc1ccc2c(c1)c(=O)c(C(=O)Nc1ccc(Oc3ncnc4cc(OCCCCCCCCCC(=O)Nc5cccc6c5C(=O)N(C5CCC(=O)NC5=O)C6=O)c(OC)cc34)c(F)c1)c(C)n2C. The fourth-order valence-electron chi connectivity index (χ4n) is 8.83. The number of carbonyl (C=O) groups excluding carboxylic acids is 6. The Labute approximate surface area is 401 Å². The smallest absolute Gasteiger partial charge is 0.264 e. The molecular formula is C52H52FN7O10. The molecule has 2 aliphatic rings. The van der Waals surface area contributed by atoms with Gasteiger partial charge in [0.25, 0.3) is 17.7 Å². The number of nitrogens with one attached hydrogen (secondary N) is 3. The summed E-state index contributed by atoms with van der Waals surface area (Å²) in [5.41, 5.74) is 2.69. The van der Waals surface area contributed by atoms with E-state index in [0.717, 1.165) is 61.5 Å². The number of fused-ring (bicyclic) bond motifs is 3. The van der Waals surface area contributed by atoms with E-state index >= 15 is 4.39 Å². The quantitative estimate of drug-likeness (QED) is 0.0519. The standard InChI is InChI=1S/C52H52FN7O10/c1-5-30-17-19-38-34(24-30)47(63)45(29(2)59(38)3)49(65)56-31-18-21-40(35(53)25-31)70-50-33-26-41(68-4)42(27-37(33)54-28-55-50)69-23-12-10-8-6-7-9-11-16-43(61)57-36-15-13-14-32-46(36)52(67)60(51(32)66)39-20-22-44(62)58-48(39)64/h13-15,17-19,21,24-28,39H,5-12,16,20,22-23H2,1-4H3,(H,56,65)(H,57,61)(H,58,62,64). The van der Waals surface area contributed by atoms with Crippen molar-refractivity contribution in [2.45, 2.75) is 90.5 Å². The van der Waals surface area contributed by atoms with Gasteiger partial charge in [0, 0.05) is 48.8 Å². The third-order valence-corrected chi connectivity index (χ3v) is 12.7. The van der Waals surface area contributed by atoms with Crippen LogP contribution in [0.15, 0.2) is 77.9 Å². The fraction of sp³-hybridized carbons (Fsp3) is 0.327. The molecule has 6 amide bonds. The number of imide groups is 2. The van der Waals surface area contributed by atoms with Crippen LogP contribution in [0.1, 0.15) is 113 Å². The van der Waals surface area contributed by atoms with E-state index < -0.39 is 46.8 Å². The molecule has 0 radical (unpaired) electrons. The minimum Gasteiger partial charge on any atom is -0.493 e. The number of anilines is 2. The number of carbonyl (C=O) groups is 6. The summed E-state index contributed by atoms with van der Waals surface area (Å²) in [6.45, 7) is 4.10. The predicted molar refractivity (Wildman–Crippen MR) is 258 cm³/mol. The number of aromatic nitrogens is 3. The van der Waals surface area contributed by atoms with Crippen LogP contribution >= 0.6 is 0 Å². The first-order valence-electron chi connectivity index (χ1n) is 23.3. The Hall–Kier alpha value is -8.02. The molecule has 8 rings (SSSR count). The average molecular weight is 954 g/mol. The molecular weight excluding hydrogens is 902 g/mol. The zero-order chi connectivity index (χ0) is 49.6. The van der Waals surface area contributed by atoms with Gasteiger partial charge in [-0.05, 0) is 80.6 Å². The van der Waals surface area contributed by atoms with Crippen molar-refractivity contribution in [2.24, 2.45) is 7.05 Å². The lowest BCUT2D eigenvalue weighted by Crippen LogP contribution is -2.54. The lowest BCUT2D eigenvalue weighted by Gasteiger charge is -2.27. The molecule has 17 nitrogen and oxygen atoms in total. The maximum atomic E-state index is 15.6. The van der Waals surface area contributed by atoms with Crippen molar-refractivity contribution >= 4 is 68.6 Å². The number of piperidine rings is 1. The molecule has 1 unspecified atom stereocenters. The van der Waals surface area contributed by atoms with Crippen LogP contribution in [0.2, 0.25) is 0 Å². The van der Waals surface area contributed by atoms with Crippen molar-refractivity contribution < 1.29 is 47.4 Å². The summed E-state index contributed by atoms with van der Waals surface area (Å²) in [5.74, 6) is -3.40. The average Bonchev–Trinajstić information content (AvgIpc) is 3.60. The van der Waals surface area contributed by atoms with E-state index in [1.54, 1.807) is 48.9 Å². The molecule has 1 saturated heterocycles. The number of pyridine rings is 1. The van der Waals surface area contributed by atoms with Crippen LogP contribution < -0.4 is 35.6 Å². The summed E-state index contributed by atoms with van der Waals surface area (Å²) >= 11 is 0. The number of hydrogen-bond acceptors (Lipinski definition) is 12. The summed E-state index contributed by atoms with van der Waals surface area (Å²) < 4.78 is 35.0. The van der Waals surface area contributed by atoms with Gasteiger partial charge in [0.05, 0.1) is 47.0 Å². The number of nitrogens with zero attached hydrogens (tertiary/aromatic N) is 4. The predicted octanol–water partition coefficient (Wildman–Crippen LogP) is 8.08. The van der Waals surface area contributed by atoms with Crippen molar-refractivity contribution in [3.8, 4) is 23.1 Å². The number of hydrogen-bond donors (Lipinski definition) is 3. The molecule has 4 aromatic carbocycles. The minimum atomic E-state index is -1.09. The monoisotopic (exact) mass is 953 g/mol. The van der Waals surface area contributed by atoms with Gasteiger partial charge in [-0.1, -0.05) is 51.2 Å². The summed E-state index contributed by atoms with van der Waals surface area (Å²) in [7, 11) is 3.29. The van der Waals surface area contributed by atoms with Crippen molar-refractivity contribution in [2.75, 3.05) is 24.4 Å². The van der Waals surface area contributed by atoms with Crippen LogP contribution in [0.25, 0.3) is 21.8 Å². The topological polar surface area (TPSA) is 217 Å². The number of amides is 6. The molecule has 0 aliphatic carbocycles. The van der Waals surface area contributed by atoms with Gasteiger partial charge in [0.2, 0.25) is 29.0 Å². The lowest BCUT2D eigenvalue weighted by molar-refractivity contribution is -0.136. The van der Waals surface area contributed by atoms with Gasteiger partial charge in [-0.3, -0.25) is 43.8 Å². The Morgan fingerprint density at radius 1 is 0.843 bits per heavy atom. The summed E-state index contributed by atoms with van der Waals surface area (Å²) in [4.78, 5) is 99.8. The number of ether oxygens (including phenoxy) is 3. The summed E-state index contributed by atoms with van der Waals surface area (Å²) in [5, 5.41) is 8.48. The molecule has 0 spiro atoms. The van der Waals surface area contributed by atoms with Crippen molar-refractivity contribution in [3.05, 3.63) is 117 Å². The first-order valence-corrected chi connectivity index (χ1v) is 23.3. The number of benzene rings is 4. The first-order chi connectivity index (χ1) is 33.8. The molecule has 0 bridgehead atoms. The molecule has 70 heavy (non-hydrogen) atoms. The van der Waals surface area contributed by atoms with E-state index in [4.69, 9.17) is 14.2 Å². The van der Waals surface area contributed by atoms with E-state index in [9.17, 15) is 33.6 Å². The van der Waals surface area contributed by atoms with Gasteiger partial charge in [-0.2, -0.15) is 0 Å². The Morgan fingerprint density at radius 3 is 2.36 bits per heavy atom. The third kappa shape index (κ3) is 10.1. The molecule has 362 valence electrons. The maximum absolute atomic E-state index is 15.6. The zero-order valence-corrected chi connectivity index (χ0v) is 39.2. The number of unbranched alkanes of at least 4 members (excludes halogenated alkanes) is 6. The maximum Gasteiger partial charge on any atom is 0.264 e. The highest BCUT2D eigenvalue weighted by Gasteiger charge is 2.45. The zero-order valence-electron chi connectivity index (χ0n) is 39.2. The van der Waals surface area contributed by atoms with Gasteiger partial charge in [0.1, 0.15) is 17.9 Å². The molecule has 18 heteroatoms. The van der Waals surface area contributed by atoms with E-state index in [1.807, 2.05) is 19.1 Å². The highest BCUT2D eigenvalue weighted by molar-refractivity contribution is 6.26. The lowest BCUT2D eigenvalue weighted by atomic mass is 10.0. The van der Waals surface area contributed by atoms with Crippen LogP contribution in [0.5, 0.6) is 23.1 Å². The Morgan fingerprint density at radius 2 is 1.61 bits per heavy atom. The minimum absolute atomic E-state index is 0.0131. The second-order valence-electron chi connectivity index (χ2n) is 17.3.